The van der Waals surface area contributed by atoms with Gasteiger partial charge in [-0.1, -0.05) is 12.2 Å². The highest BCUT2D eigenvalue weighted by Gasteiger charge is 2.17. The number of pyridine rings is 2. The van der Waals surface area contributed by atoms with Crippen LogP contribution in [0.5, 0.6) is 0 Å². The second kappa shape index (κ2) is 6.95. The number of hydrogen-bond donors (Lipinski definition) is 1. The van der Waals surface area contributed by atoms with E-state index in [1.807, 2.05) is 32.0 Å². The van der Waals surface area contributed by atoms with Crippen molar-refractivity contribution in [2.75, 3.05) is 18.0 Å². The van der Waals surface area contributed by atoms with Crippen LogP contribution in [0.2, 0.25) is 0 Å². The molecule has 0 atom stereocenters. The first kappa shape index (κ1) is 16.4. The standard InChI is InChI=1S/C20H24N4/c1-14(2)16-12-18(20(21)17-8-7-9-22-15(17)3)23-19(13-16)24-10-5-4-6-11-24/h7-9,12-13,21H,1,4-6,10-11H2,2-3H3. The Bertz CT molecular complexity index is 773. The number of allylic oxidation sites excluding steroid dienone is 1. The zero-order chi connectivity index (χ0) is 17.1. The molecule has 2 aromatic rings. The summed E-state index contributed by atoms with van der Waals surface area (Å²) >= 11 is 0. The second-order valence-electron chi connectivity index (χ2n) is 6.44. The molecule has 0 spiro atoms. The Labute approximate surface area is 143 Å². The van der Waals surface area contributed by atoms with Crippen LogP contribution in [0.25, 0.3) is 5.57 Å². The van der Waals surface area contributed by atoms with E-state index >= 15 is 0 Å². The fourth-order valence-corrected chi connectivity index (χ4v) is 3.06. The molecule has 0 unspecified atom stereocenters. The number of piperidine rings is 1. The van der Waals surface area contributed by atoms with Crippen molar-refractivity contribution in [1.29, 1.82) is 5.41 Å². The van der Waals surface area contributed by atoms with E-state index < -0.39 is 0 Å². The third kappa shape index (κ3) is 3.37. The van der Waals surface area contributed by atoms with Gasteiger partial charge in [-0.3, -0.25) is 10.4 Å². The molecule has 0 bridgehead atoms. The lowest BCUT2D eigenvalue weighted by molar-refractivity contribution is 0.573. The van der Waals surface area contributed by atoms with Gasteiger partial charge in [-0.2, -0.15) is 0 Å². The van der Waals surface area contributed by atoms with Gasteiger partial charge in [-0.05, 0) is 62.9 Å². The Morgan fingerprint density at radius 1 is 1.21 bits per heavy atom. The summed E-state index contributed by atoms with van der Waals surface area (Å²) in [4.78, 5) is 11.4. The van der Waals surface area contributed by atoms with E-state index in [4.69, 9.17) is 10.4 Å². The molecule has 0 radical (unpaired) electrons. The first-order valence-corrected chi connectivity index (χ1v) is 8.50. The molecule has 0 saturated carbocycles. The molecule has 0 amide bonds. The first-order chi connectivity index (χ1) is 11.6. The Kier molecular flexibility index (Phi) is 4.74. The molecule has 4 heteroatoms. The molecule has 124 valence electrons. The van der Waals surface area contributed by atoms with Crippen molar-refractivity contribution in [2.24, 2.45) is 0 Å². The highest BCUT2D eigenvalue weighted by atomic mass is 15.2. The van der Waals surface area contributed by atoms with Gasteiger partial charge in [0.05, 0.1) is 11.4 Å². The van der Waals surface area contributed by atoms with Crippen molar-refractivity contribution in [1.82, 2.24) is 9.97 Å². The molecular weight excluding hydrogens is 296 g/mol. The molecule has 0 aliphatic carbocycles. The number of nitrogens with zero attached hydrogens (tertiary/aromatic N) is 3. The summed E-state index contributed by atoms with van der Waals surface area (Å²) < 4.78 is 0. The van der Waals surface area contributed by atoms with E-state index in [1.165, 1.54) is 19.3 Å². The van der Waals surface area contributed by atoms with Crippen LogP contribution in [0.4, 0.5) is 5.82 Å². The van der Waals surface area contributed by atoms with Gasteiger partial charge >= 0.3 is 0 Å². The molecule has 1 aliphatic heterocycles. The lowest BCUT2D eigenvalue weighted by Gasteiger charge is -2.28. The van der Waals surface area contributed by atoms with Crippen molar-refractivity contribution in [3.63, 3.8) is 0 Å². The van der Waals surface area contributed by atoms with Gasteiger partial charge < -0.3 is 4.90 Å². The normalized spacial score (nSPS) is 14.5. The topological polar surface area (TPSA) is 52.9 Å². The summed E-state index contributed by atoms with van der Waals surface area (Å²) in [7, 11) is 0. The van der Waals surface area contributed by atoms with Crippen LogP contribution in [0.1, 0.15) is 48.7 Å². The summed E-state index contributed by atoms with van der Waals surface area (Å²) in [5.74, 6) is 0.955. The number of anilines is 1. The third-order valence-electron chi connectivity index (χ3n) is 4.52. The minimum Gasteiger partial charge on any atom is -0.357 e. The van der Waals surface area contributed by atoms with Crippen molar-refractivity contribution < 1.29 is 0 Å². The summed E-state index contributed by atoms with van der Waals surface area (Å²) in [5, 5.41) is 8.61. The Morgan fingerprint density at radius 2 is 1.96 bits per heavy atom. The molecular formula is C20H24N4. The molecule has 1 N–H and O–H groups in total. The van der Waals surface area contributed by atoms with Crippen molar-refractivity contribution in [2.45, 2.75) is 33.1 Å². The van der Waals surface area contributed by atoms with Gasteiger partial charge in [0.1, 0.15) is 5.82 Å². The van der Waals surface area contributed by atoms with E-state index in [1.54, 1.807) is 6.20 Å². The number of aryl methyl sites for hydroxylation is 1. The van der Waals surface area contributed by atoms with Crippen molar-refractivity contribution >= 4 is 17.1 Å². The predicted molar refractivity (Wildman–Crippen MR) is 99.9 cm³/mol. The molecule has 1 aliphatic rings. The Hall–Kier alpha value is -2.49. The maximum Gasteiger partial charge on any atom is 0.129 e. The van der Waals surface area contributed by atoms with Crippen LogP contribution < -0.4 is 4.90 Å². The Balaban J connectivity index is 2.03. The fraction of sp³-hybridized carbons (Fsp3) is 0.350. The van der Waals surface area contributed by atoms with Gasteiger partial charge in [0.25, 0.3) is 0 Å². The van der Waals surface area contributed by atoms with Gasteiger partial charge in [0, 0.05) is 30.5 Å². The molecule has 3 heterocycles. The predicted octanol–water partition coefficient (Wildman–Crippen LogP) is 4.22. The monoisotopic (exact) mass is 320 g/mol. The van der Waals surface area contributed by atoms with E-state index in [9.17, 15) is 0 Å². The summed E-state index contributed by atoms with van der Waals surface area (Å²) in [5.41, 5.74) is 4.83. The van der Waals surface area contributed by atoms with Crippen LogP contribution in [-0.4, -0.2) is 28.8 Å². The number of aromatic nitrogens is 2. The molecule has 24 heavy (non-hydrogen) atoms. The van der Waals surface area contributed by atoms with E-state index in [2.05, 4.69) is 22.5 Å². The second-order valence-corrected chi connectivity index (χ2v) is 6.44. The average Bonchev–Trinajstić information content (AvgIpc) is 2.62. The molecule has 4 nitrogen and oxygen atoms in total. The first-order valence-electron chi connectivity index (χ1n) is 8.50. The number of hydrogen-bond acceptors (Lipinski definition) is 4. The molecule has 0 aromatic carbocycles. The van der Waals surface area contributed by atoms with Gasteiger partial charge in [-0.15, -0.1) is 0 Å². The van der Waals surface area contributed by atoms with Gasteiger partial charge in [-0.25, -0.2) is 4.98 Å². The molecule has 1 fully saturated rings. The van der Waals surface area contributed by atoms with E-state index in [0.717, 1.165) is 41.3 Å². The quantitative estimate of drug-likeness (QED) is 0.858. The van der Waals surface area contributed by atoms with Crippen LogP contribution >= 0.6 is 0 Å². The van der Waals surface area contributed by atoms with Crippen LogP contribution in [0.3, 0.4) is 0 Å². The van der Waals surface area contributed by atoms with E-state index in [0.29, 0.717) is 11.4 Å². The Morgan fingerprint density at radius 3 is 2.62 bits per heavy atom. The van der Waals surface area contributed by atoms with Crippen molar-refractivity contribution in [3.05, 3.63) is 59.6 Å². The van der Waals surface area contributed by atoms with E-state index in [-0.39, 0.29) is 0 Å². The van der Waals surface area contributed by atoms with Gasteiger partial charge in [0.2, 0.25) is 0 Å². The third-order valence-corrected chi connectivity index (χ3v) is 4.52. The van der Waals surface area contributed by atoms with Crippen LogP contribution in [0.15, 0.2) is 37.0 Å². The summed E-state index contributed by atoms with van der Waals surface area (Å²) in [6, 6.07) is 7.86. The minimum atomic E-state index is 0.418. The smallest absolute Gasteiger partial charge is 0.129 e. The van der Waals surface area contributed by atoms with Crippen molar-refractivity contribution in [3.8, 4) is 0 Å². The summed E-state index contributed by atoms with van der Waals surface area (Å²) in [6.45, 7) is 10.1. The largest absolute Gasteiger partial charge is 0.357 e. The minimum absolute atomic E-state index is 0.418. The average molecular weight is 320 g/mol. The van der Waals surface area contributed by atoms with Gasteiger partial charge in [0.15, 0.2) is 0 Å². The molecule has 2 aromatic heterocycles. The maximum atomic E-state index is 8.61. The fourth-order valence-electron chi connectivity index (χ4n) is 3.06. The molecule has 3 rings (SSSR count). The maximum absolute atomic E-state index is 8.61. The van der Waals surface area contributed by atoms with Crippen LogP contribution in [-0.2, 0) is 0 Å². The number of nitrogens with one attached hydrogen (secondary N) is 1. The lowest BCUT2D eigenvalue weighted by Crippen LogP contribution is -2.30. The summed E-state index contributed by atoms with van der Waals surface area (Å²) in [6.07, 6.45) is 5.44. The lowest BCUT2D eigenvalue weighted by atomic mass is 10.0. The highest BCUT2D eigenvalue weighted by Crippen LogP contribution is 2.24. The number of rotatable bonds is 4. The molecule has 1 saturated heterocycles. The SMILES string of the molecule is C=C(C)c1cc(C(=N)c2cccnc2C)nc(N2CCCCC2)c1. The zero-order valence-electron chi connectivity index (χ0n) is 14.5. The van der Waals surface area contributed by atoms with Crippen LogP contribution in [0, 0.1) is 12.3 Å². The highest BCUT2D eigenvalue weighted by molar-refractivity contribution is 6.10. The zero-order valence-corrected chi connectivity index (χ0v) is 14.5.